The van der Waals surface area contributed by atoms with Gasteiger partial charge in [-0.2, -0.15) is 0 Å². The summed E-state index contributed by atoms with van der Waals surface area (Å²) in [6, 6.07) is 5.60. The topological polar surface area (TPSA) is 110 Å². The Morgan fingerprint density at radius 3 is 2.70 bits per heavy atom. The van der Waals surface area contributed by atoms with Crippen LogP contribution in [0.2, 0.25) is 0 Å². The van der Waals surface area contributed by atoms with Crippen molar-refractivity contribution in [1.82, 2.24) is 0 Å². The number of hydrogen-bond acceptors (Lipinski definition) is 5. The minimum atomic E-state index is -1.05. The lowest BCUT2D eigenvalue weighted by Crippen LogP contribution is -2.39. The predicted molar refractivity (Wildman–Crippen MR) is 76.8 cm³/mol. The van der Waals surface area contributed by atoms with Gasteiger partial charge in [0.2, 0.25) is 5.91 Å². The molecule has 118 valence electrons. The normalized spacial score (nSPS) is 34.0. The Labute approximate surface area is 130 Å². The van der Waals surface area contributed by atoms with Crippen molar-refractivity contribution in [3.63, 3.8) is 0 Å². The second-order valence-electron chi connectivity index (χ2n) is 5.94. The fourth-order valence-electron chi connectivity index (χ4n) is 3.75. The van der Waals surface area contributed by atoms with Crippen LogP contribution in [0.4, 0.5) is 11.4 Å². The number of non-ortho nitro benzene ring substituents is 1. The number of amides is 1. The molecule has 3 heterocycles. The first kappa shape index (κ1) is 13.9. The van der Waals surface area contributed by atoms with Crippen molar-refractivity contribution in [2.75, 3.05) is 11.4 Å². The highest BCUT2D eigenvalue weighted by Gasteiger charge is 2.67. The highest BCUT2D eigenvalue weighted by Crippen LogP contribution is 2.52. The van der Waals surface area contributed by atoms with Crippen LogP contribution in [-0.4, -0.2) is 40.2 Å². The highest BCUT2D eigenvalue weighted by molar-refractivity contribution is 6.02. The first-order valence-corrected chi connectivity index (χ1v) is 7.09. The number of rotatable bonds is 3. The molecule has 0 unspecified atom stereocenters. The molecule has 4 rings (SSSR count). The lowest BCUT2D eigenvalue weighted by atomic mass is 9.77. The number of aliphatic carboxylic acids is 1. The molecule has 8 heteroatoms. The molecule has 0 aliphatic carbocycles. The van der Waals surface area contributed by atoms with Gasteiger partial charge >= 0.3 is 5.97 Å². The number of nitrogens with zero attached hydrogens (tertiary/aromatic N) is 2. The molecular weight excluding hydrogens is 304 g/mol. The first-order chi connectivity index (χ1) is 10.9. The van der Waals surface area contributed by atoms with E-state index < -0.39 is 34.4 Å². The van der Waals surface area contributed by atoms with Crippen LogP contribution in [0.1, 0.15) is 0 Å². The average molecular weight is 316 g/mol. The van der Waals surface area contributed by atoms with Crippen LogP contribution in [0.3, 0.4) is 0 Å². The Morgan fingerprint density at radius 1 is 1.39 bits per heavy atom. The number of carbonyl (C=O) groups excluding carboxylic acids is 1. The first-order valence-electron chi connectivity index (χ1n) is 7.09. The minimum absolute atomic E-state index is 0.0701. The molecule has 1 amide bonds. The molecule has 3 aliphatic heterocycles. The SMILES string of the molecule is O=C(O)[C@H]1[C@H]2C=C[C@@]3(CN(c4ccc([N+](=O)[O-])cc4)C(=O)[C@@H]13)O2. The number of anilines is 1. The van der Waals surface area contributed by atoms with Crippen molar-refractivity contribution in [2.24, 2.45) is 11.8 Å². The third-order valence-corrected chi connectivity index (χ3v) is 4.76. The number of nitro groups is 1. The molecule has 1 N–H and O–H groups in total. The van der Waals surface area contributed by atoms with E-state index in [1.54, 1.807) is 12.2 Å². The largest absolute Gasteiger partial charge is 0.481 e. The Morgan fingerprint density at radius 2 is 2.09 bits per heavy atom. The van der Waals surface area contributed by atoms with Crippen molar-refractivity contribution < 1.29 is 24.4 Å². The molecule has 4 atom stereocenters. The van der Waals surface area contributed by atoms with Gasteiger partial charge in [0.1, 0.15) is 11.5 Å². The summed E-state index contributed by atoms with van der Waals surface area (Å²) in [4.78, 5) is 35.8. The van der Waals surface area contributed by atoms with Gasteiger partial charge in [0.25, 0.3) is 5.69 Å². The summed E-state index contributed by atoms with van der Waals surface area (Å²) < 4.78 is 5.78. The smallest absolute Gasteiger partial charge is 0.310 e. The predicted octanol–water partition coefficient (Wildman–Crippen LogP) is 0.966. The summed E-state index contributed by atoms with van der Waals surface area (Å²) in [5.74, 6) is -3.02. The van der Waals surface area contributed by atoms with Gasteiger partial charge in [-0.1, -0.05) is 12.2 Å². The molecule has 2 bridgehead atoms. The second kappa shape index (κ2) is 4.39. The fourth-order valence-corrected chi connectivity index (χ4v) is 3.75. The van der Waals surface area contributed by atoms with Crippen molar-refractivity contribution in [3.05, 3.63) is 46.5 Å². The summed E-state index contributed by atoms with van der Waals surface area (Å²) >= 11 is 0. The number of nitro benzene ring substituents is 1. The number of fused-ring (bicyclic) bond motifs is 1. The van der Waals surface area contributed by atoms with E-state index in [0.29, 0.717) is 5.69 Å². The number of carbonyl (C=O) groups is 2. The fraction of sp³-hybridized carbons (Fsp3) is 0.333. The van der Waals surface area contributed by atoms with E-state index in [0.717, 1.165) is 0 Å². The van der Waals surface area contributed by atoms with Crippen LogP contribution in [0.15, 0.2) is 36.4 Å². The van der Waals surface area contributed by atoms with Crippen molar-refractivity contribution in [2.45, 2.75) is 11.7 Å². The Bertz CT molecular complexity index is 758. The summed E-state index contributed by atoms with van der Waals surface area (Å²) in [7, 11) is 0. The minimum Gasteiger partial charge on any atom is -0.481 e. The highest BCUT2D eigenvalue weighted by atomic mass is 16.6. The zero-order valence-electron chi connectivity index (χ0n) is 11.8. The third kappa shape index (κ3) is 1.75. The maximum absolute atomic E-state index is 12.7. The zero-order valence-corrected chi connectivity index (χ0v) is 11.8. The molecular formula is C15H12N2O6. The van der Waals surface area contributed by atoms with E-state index in [-0.39, 0.29) is 18.1 Å². The molecule has 1 spiro atoms. The molecule has 23 heavy (non-hydrogen) atoms. The summed E-state index contributed by atoms with van der Waals surface area (Å²) in [6.45, 7) is 0.213. The maximum Gasteiger partial charge on any atom is 0.310 e. The van der Waals surface area contributed by atoms with Gasteiger partial charge in [0.05, 0.1) is 23.5 Å². The molecule has 1 aromatic rings. The lowest BCUT2D eigenvalue weighted by Gasteiger charge is -2.21. The van der Waals surface area contributed by atoms with Crippen LogP contribution in [0.5, 0.6) is 0 Å². The third-order valence-electron chi connectivity index (χ3n) is 4.76. The van der Waals surface area contributed by atoms with E-state index in [4.69, 9.17) is 4.74 Å². The number of benzene rings is 1. The molecule has 0 aromatic heterocycles. The van der Waals surface area contributed by atoms with Gasteiger partial charge in [0, 0.05) is 17.8 Å². The van der Waals surface area contributed by atoms with E-state index in [1.165, 1.54) is 29.2 Å². The van der Waals surface area contributed by atoms with Gasteiger partial charge in [0.15, 0.2) is 0 Å². The van der Waals surface area contributed by atoms with Crippen LogP contribution in [0.25, 0.3) is 0 Å². The van der Waals surface area contributed by atoms with Crippen molar-refractivity contribution in [3.8, 4) is 0 Å². The zero-order chi connectivity index (χ0) is 16.4. The lowest BCUT2D eigenvalue weighted by molar-refractivity contribution is -0.384. The van der Waals surface area contributed by atoms with E-state index in [1.807, 2.05) is 0 Å². The Balaban J connectivity index is 1.69. The van der Waals surface area contributed by atoms with Gasteiger partial charge < -0.3 is 14.7 Å². The summed E-state index contributed by atoms with van der Waals surface area (Å²) in [6.07, 6.45) is 2.90. The van der Waals surface area contributed by atoms with E-state index in [9.17, 15) is 24.8 Å². The second-order valence-corrected chi connectivity index (χ2v) is 5.94. The Hall–Kier alpha value is -2.74. The standard InChI is InChI=1S/C15H12N2O6/c18-13-12-11(14(19)20)10-5-6-15(12,23-10)7-16(13)8-1-3-9(4-2-8)17(21)22/h1-6,10-12H,7H2,(H,19,20)/t10-,11+,12-,15+/m1/s1. The summed E-state index contributed by atoms with van der Waals surface area (Å²) in [5, 5.41) is 20.1. The molecule has 2 fully saturated rings. The number of carboxylic acid groups (broad SMARTS) is 1. The van der Waals surface area contributed by atoms with Gasteiger partial charge in [-0.3, -0.25) is 19.7 Å². The van der Waals surface area contributed by atoms with Crippen molar-refractivity contribution in [1.29, 1.82) is 0 Å². The Kier molecular flexibility index (Phi) is 2.65. The van der Waals surface area contributed by atoms with Gasteiger partial charge in [-0.15, -0.1) is 0 Å². The van der Waals surface area contributed by atoms with Crippen LogP contribution >= 0.6 is 0 Å². The molecule has 8 nitrogen and oxygen atoms in total. The maximum atomic E-state index is 12.7. The molecule has 0 saturated carbocycles. The average Bonchev–Trinajstić information content (AvgIpc) is 3.15. The van der Waals surface area contributed by atoms with Crippen LogP contribution in [-0.2, 0) is 14.3 Å². The van der Waals surface area contributed by atoms with Gasteiger partial charge in [-0.05, 0) is 12.1 Å². The van der Waals surface area contributed by atoms with Crippen LogP contribution in [0, 0.1) is 22.0 Å². The van der Waals surface area contributed by atoms with E-state index >= 15 is 0 Å². The molecule has 2 saturated heterocycles. The monoisotopic (exact) mass is 316 g/mol. The molecule has 0 radical (unpaired) electrons. The van der Waals surface area contributed by atoms with Gasteiger partial charge in [-0.25, -0.2) is 0 Å². The van der Waals surface area contributed by atoms with Crippen LogP contribution < -0.4 is 4.90 Å². The molecule has 3 aliphatic rings. The van der Waals surface area contributed by atoms with E-state index in [2.05, 4.69) is 0 Å². The van der Waals surface area contributed by atoms with Crippen molar-refractivity contribution >= 4 is 23.3 Å². The summed E-state index contributed by atoms with van der Waals surface area (Å²) in [5.41, 5.74) is -0.486. The number of hydrogen-bond donors (Lipinski definition) is 1. The number of ether oxygens (including phenoxy) is 1. The number of carboxylic acids is 1. The quantitative estimate of drug-likeness (QED) is 0.505. The molecule has 1 aromatic carbocycles.